The van der Waals surface area contributed by atoms with Crippen LogP contribution in [0.4, 0.5) is 11.4 Å². The number of benzene rings is 1. The molecule has 1 amide bonds. The van der Waals surface area contributed by atoms with E-state index in [0.717, 1.165) is 12.1 Å². The van der Waals surface area contributed by atoms with E-state index >= 15 is 0 Å². The van der Waals surface area contributed by atoms with Gasteiger partial charge in [-0.2, -0.15) is 5.26 Å². The molecule has 0 heterocycles. The van der Waals surface area contributed by atoms with Gasteiger partial charge in [-0.3, -0.25) is 24.5 Å². The summed E-state index contributed by atoms with van der Waals surface area (Å²) in [6, 6.07) is 3.64. The minimum Gasteiger partial charge on any atom is -0.314 e. The molecule has 0 aliphatic carbocycles. The van der Waals surface area contributed by atoms with Gasteiger partial charge in [0.25, 0.3) is 11.6 Å². The molecule has 8 heteroatoms. The van der Waals surface area contributed by atoms with Gasteiger partial charge in [-0.05, 0) is 13.0 Å². The van der Waals surface area contributed by atoms with Crippen molar-refractivity contribution in [1.82, 2.24) is 0 Å². The van der Waals surface area contributed by atoms with Gasteiger partial charge in [-0.25, -0.2) is 0 Å². The minimum absolute atomic E-state index is 0.0593. The molecule has 1 aromatic rings. The van der Waals surface area contributed by atoms with Gasteiger partial charge in [-0.1, -0.05) is 6.92 Å². The van der Waals surface area contributed by atoms with Crippen LogP contribution < -0.4 is 5.32 Å². The fraction of sp³-hybridized carbons (Fsp3) is 0.231. The maximum absolute atomic E-state index is 11.5. The molecule has 0 radical (unpaired) electrons. The van der Waals surface area contributed by atoms with Crippen LogP contribution in [0.5, 0.6) is 0 Å². The molecule has 0 aliphatic heterocycles. The molecule has 0 spiro atoms. The van der Waals surface area contributed by atoms with Crippen LogP contribution in [0.25, 0.3) is 0 Å². The van der Waals surface area contributed by atoms with Crippen molar-refractivity contribution in [1.29, 1.82) is 5.26 Å². The SMILES string of the molecule is CCC(=O)C(=O)Nc1cc(C#N)c(C(C)=O)cc1[N+](=O)[O-]. The van der Waals surface area contributed by atoms with Crippen molar-refractivity contribution in [2.75, 3.05) is 5.32 Å². The number of nitro groups is 1. The summed E-state index contributed by atoms with van der Waals surface area (Å²) in [5, 5.41) is 22.0. The number of anilines is 1. The smallest absolute Gasteiger partial charge is 0.293 e. The third-order valence-electron chi connectivity index (χ3n) is 2.65. The highest BCUT2D eigenvalue weighted by atomic mass is 16.6. The van der Waals surface area contributed by atoms with Crippen molar-refractivity contribution in [2.24, 2.45) is 0 Å². The van der Waals surface area contributed by atoms with E-state index in [9.17, 15) is 24.5 Å². The highest BCUT2D eigenvalue weighted by Crippen LogP contribution is 2.28. The summed E-state index contributed by atoms with van der Waals surface area (Å²) in [5.74, 6) is -2.28. The molecule has 0 aromatic heterocycles. The lowest BCUT2D eigenvalue weighted by atomic mass is 10.0. The minimum atomic E-state index is -1.01. The summed E-state index contributed by atoms with van der Waals surface area (Å²) >= 11 is 0. The first-order chi connectivity index (χ1) is 9.81. The summed E-state index contributed by atoms with van der Waals surface area (Å²) in [5.41, 5.74) is -1.10. The van der Waals surface area contributed by atoms with Crippen LogP contribution in [0.2, 0.25) is 0 Å². The molecule has 8 nitrogen and oxygen atoms in total. The van der Waals surface area contributed by atoms with E-state index in [1.54, 1.807) is 6.07 Å². The van der Waals surface area contributed by atoms with E-state index < -0.39 is 28.1 Å². The van der Waals surface area contributed by atoms with Crippen LogP contribution in [-0.2, 0) is 9.59 Å². The molecule has 108 valence electrons. The van der Waals surface area contributed by atoms with Crippen molar-refractivity contribution < 1.29 is 19.3 Å². The lowest BCUT2D eigenvalue weighted by molar-refractivity contribution is -0.384. The topological polar surface area (TPSA) is 130 Å². The molecular formula is C13H11N3O5. The van der Waals surface area contributed by atoms with Gasteiger partial charge in [0.15, 0.2) is 5.78 Å². The number of nitrogens with one attached hydrogen (secondary N) is 1. The molecule has 0 unspecified atom stereocenters. The largest absolute Gasteiger partial charge is 0.314 e. The van der Waals surface area contributed by atoms with Crippen LogP contribution in [0.3, 0.4) is 0 Å². The maximum atomic E-state index is 11.5. The van der Waals surface area contributed by atoms with E-state index in [0.29, 0.717) is 0 Å². The second-order valence-corrected chi connectivity index (χ2v) is 4.07. The highest BCUT2D eigenvalue weighted by molar-refractivity contribution is 6.40. The van der Waals surface area contributed by atoms with Crippen molar-refractivity contribution in [3.05, 3.63) is 33.4 Å². The standard InChI is InChI=1S/C13H11N3O5/c1-3-12(18)13(19)15-10-4-8(6-14)9(7(2)17)5-11(10)16(20)21/h4-5H,3H2,1-2H3,(H,15,19). The first-order valence-corrected chi connectivity index (χ1v) is 5.89. The molecule has 1 N–H and O–H groups in total. The number of nitro benzene ring substituents is 1. The molecule has 0 aliphatic rings. The number of nitriles is 1. The van der Waals surface area contributed by atoms with Gasteiger partial charge in [0.1, 0.15) is 5.69 Å². The van der Waals surface area contributed by atoms with Gasteiger partial charge >= 0.3 is 0 Å². The summed E-state index contributed by atoms with van der Waals surface area (Å²) in [6.07, 6.45) is -0.0593. The quantitative estimate of drug-likeness (QED) is 0.379. The number of nitrogens with zero attached hydrogens (tertiary/aromatic N) is 2. The number of carbonyl (C=O) groups is 3. The molecule has 0 bridgehead atoms. The molecule has 1 rings (SSSR count). The Labute approximate surface area is 119 Å². The summed E-state index contributed by atoms with van der Waals surface area (Å²) < 4.78 is 0. The number of hydrogen-bond donors (Lipinski definition) is 1. The zero-order chi connectivity index (χ0) is 16.2. The monoisotopic (exact) mass is 289 g/mol. The zero-order valence-corrected chi connectivity index (χ0v) is 11.3. The third kappa shape index (κ3) is 3.48. The Morgan fingerprint density at radius 1 is 1.38 bits per heavy atom. The molecule has 0 saturated carbocycles. The predicted molar refractivity (Wildman–Crippen MR) is 71.7 cm³/mol. The zero-order valence-electron chi connectivity index (χ0n) is 11.3. The van der Waals surface area contributed by atoms with Crippen LogP contribution >= 0.6 is 0 Å². The molecule has 0 saturated heterocycles. The van der Waals surface area contributed by atoms with E-state index in [4.69, 9.17) is 5.26 Å². The Morgan fingerprint density at radius 2 is 2.00 bits per heavy atom. The van der Waals surface area contributed by atoms with Crippen molar-refractivity contribution >= 4 is 28.8 Å². The van der Waals surface area contributed by atoms with Crippen LogP contribution in [0.15, 0.2) is 12.1 Å². The van der Waals surface area contributed by atoms with E-state index in [1.165, 1.54) is 13.8 Å². The predicted octanol–water partition coefficient (Wildman–Crippen LogP) is 1.59. The molecule has 21 heavy (non-hydrogen) atoms. The highest BCUT2D eigenvalue weighted by Gasteiger charge is 2.23. The van der Waals surface area contributed by atoms with E-state index in [-0.39, 0.29) is 23.2 Å². The number of amides is 1. The van der Waals surface area contributed by atoms with Gasteiger partial charge in [0, 0.05) is 18.1 Å². The fourth-order valence-corrected chi connectivity index (χ4v) is 1.58. The molecule has 0 atom stereocenters. The van der Waals surface area contributed by atoms with Crippen molar-refractivity contribution in [3.63, 3.8) is 0 Å². The Kier molecular flexibility index (Phi) is 4.86. The average molecular weight is 289 g/mol. The number of Topliss-reactive ketones (excluding diaryl/α,β-unsaturated/α-hetero) is 2. The fourth-order valence-electron chi connectivity index (χ4n) is 1.58. The first-order valence-electron chi connectivity index (χ1n) is 5.89. The normalized spacial score (nSPS) is 9.57. The van der Waals surface area contributed by atoms with Gasteiger partial charge in [0.05, 0.1) is 16.6 Å². The Morgan fingerprint density at radius 3 is 2.43 bits per heavy atom. The average Bonchev–Trinajstić information content (AvgIpc) is 2.44. The van der Waals surface area contributed by atoms with Gasteiger partial charge in [0.2, 0.25) is 5.78 Å². The number of hydrogen-bond acceptors (Lipinski definition) is 6. The van der Waals surface area contributed by atoms with Crippen molar-refractivity contribution in [3.8, 4) is 6.07 Å². The molecule has 0 fully saturated rings. The van der Waals surface area contributed by atoms with Crippen molar-refractivity contribution in [2.45, 2.75) is 20.3 Å². The Balaban J connectivity index is 3.41. The molecular weight excluding hydrogens is 278 g/mol. The number of ketones is 2. The number of rotatable bonds is 5. The maximum Gasteiger partial charge on any atom is 0.293 e. The lowest BCUT2D eigenvalue weighted by Crippen LogP contribution is -2.22. The Hall–Kier alpha value is -3.08. The van der Waals surface area contributed by atoms with Crippen LogP contribution in [-0.4, -0.2) is 22.4 Å². The summed E-state index contributed by atoms with van der Waals surface area (Å²) in [7, 11) is 0. The Bertz CT molecular complexity index is 688. The lowest BCUT2D eigenvalue weighted by Gasteiger charge is -2.07. The summed E-state index contributed by atoms with van der Waals surface area (Å²) in [6.45, 7) is 2.63. The second-order valence-electron chi connectivity index (χ2n) is 4.07. The van der Waals surface area contributed by atoms with Crippen LogP contribution in [0.1, 0.15) is 36.2 Å². The van der Waals surface area contributed by atoms with E-state index in [1.807, 2.05) is 0 Å². The van der Waals surface area contributed by atoms with Gasteiger partial charge < -0.3 is 5.32 Å². The van der Waals surface area contributed by atoms with Gasteiger partial charge in [-0.15, -0.1) is 0 Å². The third-order valence-corrected chi connectivity index (χ3v) is 2.65. The second kappa shape index (κ2) is 6.38. The van der Waals surface area contributed by atoms with Crippen LogP contribution in [0, 0.1) is 21.4 Å². The van der Waals surface area contributed by atoms with E-state index in [2.05, 4.69) is 5.32 Å². The first kappa shape index (κ1) is 16.0. The number of carbonyl (C=O) groups excluding carboxylic acids is 3. The summed E-state index contributed by atoms with van der Waals surface area (Å²) in [4.78, 5) is 44.3. The molecule has 1 aromatic carbocycles.